The van der Waals surface area contributed by atoms with Crippen LogP contribution in [0.2, 0.25) is 0 Å². The van der Waals surface area contributed by atoms with Crippen LogP contribution in [0.25, 0.3) is 11.4 Å². The van der Waals surface area contributed by atoms with Crippen LogP contribution >= 0.6 is 0 Å². The van der Waals surface area contributed by atoms with Gasteiger partial charge in [-0.1, -0.05) is 12.1 Å². The SMILES string of the molecule is Cc1cnc(-c2cccnc2)n1CC1CN(Cc2cccc(F)c2O)C1. The number of halogens is 1. The number of phenols is 1. The van der Waals surface area contributed by atoms with Gasteiger partial charge in [-0.05, 0) is 25.1 Å². The maximum absolute atomic E-state index is 13.4. The largest absolute Gasteiger partial charge is 0.505 e. The molecule has 0 amide bonds. The number of hydrogen-bond acceptors (Lipinski definition) is 4. The van der Waals surface area contributed by atoms with Crippen molar-refractivity contribution in [3.8, 4) is 17.1 Å². The molecule has 0 bridgehead atoms. The molecule has 1 aromatic carbocycles. The van der Waals surface area contributed by atoms with Crippen LogP contribution in [0, 0.1) is 18.7 Å². The fourth-order valence-electron chi connectivity index (χ4n) is 3.52. The topological polar surface area (TPSA) is 54.2 Å². The molecule has 1 aliphatic heterocycles. The van der Waals surface area contributed by atoms with Gasteiger partial charge in [-0.3, -0.25) is 9.88 Å². The fraction of sp³-hybridized carbons (Fsp3) is 0.300. The summed E-state index contributed by atoms with van der Waals surface area (Å²) in [5.74, 6) is 0.654. The Bertz CT molecular complexity index is 903. The van der Waals surface area contributed by atoms with Crippen molar-refractivity contribution in [1.82, 2.24) is 19.4 Å². The second-order valence-corrected chi connectivity index (χ2v) is 6.88. The zero-order valence-corrected chi connectivity index (χ0v) is 14.6. The minimum Gasteiger partial charge on any atom is -0.505 e. The van der Waals surface area contributed by atoms with Crippen molar-refractivity contribution in [2.75, 3.05) is 13.1 Å². The molecule has 134 valence electrons. The average molecular weight is 352 g/mol. The Hall–Kier alpha value is -2.73. The highest BCUT2D eigenvalue weighted by Crippen LogP contribution is 2.28. The highest BCUT2D eigenvalue weighted by molar-refractivity contribution is 5.54. The first-order chi connectivity index (χ1) is 12.6. The van der Waals surface area contributed by atoms with Crippen molar-refractivity contribution in [2.45, 2.75) is 20.0 Å². The first-order valence-corrected chi connectivity index (χ1v) is 8.73. The van der Waals surface area contributed by atoms with Crippen LogP contribution in [0.4, 0.5) is 4.39 Å². The molecular formula is C20H21FN4O. The summed E-state index contributed by atoms with van der Waals surface area (Å²) in [6, 6.07) is 8.62. The first-order valence-electron chi connectivity index (χ1n) is 8.73. The average Bonchev–Trinajstić information content (AvgIpc) is 2.98. The monoisotopic (exact) mass is 352 g/mol. The number of hydrogen-bond donors (Lipinski definition) is 1. The molecular weight excluding hydrogens is 331 g/mol. The molecule has 6 heteroatoms. The summed E-state index contributed by atoms with van der Waals surface area (Å²) in [5.41, 5.74) is 2.78. The molecule has 0 spiro atoms. The lowest BCUT2D eigenvalue weighted by molar-refractivity contribution is 0.0793. The standard InChI is InChI=1S/C20H21FN4O/c1-14-8-23-20(16-5-3-7-22-9-16)25(14)12-15-10-24(11-15)13-17-4-2-6-18(21)19(17)26/h2-9,15,26H,10-13H2,1H3. The second-order valence-electron chi connectivity index (χ2n) is 6.88. The van der Waals surface area contributed by atoms with Crippen molar-refractivity contribution < 1.29 is 9.50 Å². The lowest BCUT2D eigenvalue weighted by atomic mass is 9.98. The molecule has 0 aliphatic carbocycles. The minimum absolute atomic E-state index is 0.236. The smallest absolute Gasteiger partial charge is 0.165 e. The van der Waals surface area contributed by atoms with Gasteiger partial charge in [-0.2, -0.15) is 0 Å². The molecule has 0 saturated carbocycles. The summed E-state index contributed by atoms with van der Waals surface area (Å²) in [5, 5.41) is 9.82. The Morgan fingerprint density at radius 2 is 2.04 bits per heavy atom. The Labute approximate surface area is 151 Å². The van der Waals surface area contributed by atoms with E-state index in [1.54, 1.807) is 18.3 Å². The molecule has 0 atom stereocenters. The van der Waals surface area contributed by atoms with Gasteiger partial charge in [0.05, 0.1) is 0 Å². The van der Waals surface area contributed by atoms with Crippen molar-refractivity contribution >= 4 is 0 Å². The van der Waals surface area contributed by atoms with Gasteiger partial charge >= 0.3 is 0 Å². The van der Waals surface area contributed by atoms with Gasteiger partial charge in [0, 0.05) is 67.5 Å². The second kappa shape index (κ2) is 6.88. The first kappa shape index (κ1) is 16.7. The van der Waals surface area contributed by atoms with E-state index in [1.807, 2.05) is 24.5 Å². The summed E-state index contributed by atoms with van der Waals surface area (Å²) < 4.78 is 15.7. The third-order valence-corrected chi connectivity index (χ3v) is 4.91. The van der Waals surface area contributed by atoms with E-state index in [0.29, 0.717) is 18.0 Å². The summed E-state index contributed by atoms with van der Waals surface area (Å²) in [4.78, 5) is 10.9. The minimum atomic E-state index is -0.560. The lowest BCUT2D eigenvalue weighted by Gasteiger charge is -2.40. The van der Waals surface area contributed by atoms with Gasteiger partial charge in [-0.15, -0.1) is 0 Å². The molecule has 1 saturated heterocycles. The van der Waals surface area contributed by atoms with E-state index < -0.39 is 5.82 Å². The molecule has 3 heterocycles. The number of imidazole rings is 1. The van der Waals surface area contributed by atoms with E-state index in [2.05, 4.69) is 26.4 Å². The van der Waals surface area contributed by atoms with E-state index in [4.69, 9.17) is 0 Å². The predicted molar refractivity (Wildman–Crippen MR) is 97.0 cm³/mol. The highest BCUT2D eigenvalue weighted by Gasteiger charge is 2.28. The number of likely N-dealkylation sites (tertiary alicyclic amines) is 1. The number of aryl methyl sites for hydroxylation is 1. The number of aromatic nitrogens is 3. The molecule has 4 rings (SSSR count). The Morgan fingerprint density at radius 3 is 2.81 bits per heavy atom. The summed E-state index contributed by atoms with van der Waals surface area (Å²) in [6.45, 7) is 5.36. The Balaban J connectivity index is 1.41. The van der Waals surface area contributed by atoms with Crippen LogP contribution in [0.5, 0.6) is 5.75 Å². The number of benzene rings is 1. The Morgan fingerprint density at radius 1 is 1.19 bits per heavy atom. The molecule has 5 nitrogen and oxygen atoms in total. The highest BCUT2D eigenvalue weighted by atomic mass is 19.1. The molecule has 0 radical (unpaired) electrons. The number of para-hydroxylation sites is 1. The lowest BCUT2D eigenvalue weighted by Crippen LogP contribution is -2.47. The quantitative estimate of drug-likeness (QED) is 0.766. The normalized spacial score (nSPS) is 15.2. The van der Waals surface area contributed by atoms with Crippen molar-refractivity contribution in [3.05, 3.63) is 66.0 Å². The van der Waals surface area contributed by atoms with Crippen molar-refractivity contribution in [3.63, 3.8) is 0 Å². The molecule has 26 heavy (non-hydrogen) atoms. The molecule has 1 N–H and O–H groups in total. The maximum Gasteiger partial charge on any atom is 0.165 e. The zero-order valence-electron chi connectivity index (χ0n) is 14.6. The van der Waals surface area contributed by atoms with Gasteiger partial charge in [0.2, 0.25) is 0 Å². The molecule has 0 unspecified atom stereocenters. The van der Waals surface area contributed by atoms with Gasteiger partial charge < -0.3 is 9.67 Å². The van der Waals surface area contributed by atoms with Gasteiger partial charge in [0.25, 0.3) is 0 Å². The molecule has 3 aromatic rings. The van der Waals surface area contributed by atoms with Gasteiger partial charge in [0.1, 0.15) is 5.82 Å². The van der Waals surface area contributed by atoms with E-state index in [1.165, 1.54) is 6.07 Å². The molecule has 1 aliphatic rings. The van der Waals surface area contributed by atoms with Crippen LogP contribution in [0.15, 0.2) is 48.9 Å². The van der Waals surface area contributed by atoms with Gasteiger partial charge in [0.15, 0.2) is 11.6 Å². The van der Waals surface area contributed by atoms with E-state index in [9.17, 15) is 9.50 Å². The number of pyridine rings is 1. The number of phenolic OH excluding ortho intramolecular Hbond substituents is 1. The van der Waals surface area contributed by atoms with Crippen LogP contribution in [-0.2, 0) is 13.1 Å². The maximum atomic E-state index is 13.4. The third-order valence-electron chi connectivity index (χ3n) is 4.91. The number of rotatable bonds is 5. The van der Waals surface area contributed by atoms with Gasteiger partial charge in [-0.25, -0.2) is 9.37 Å². The summed E-state index contributed by atoms with van der Waals surface area (Å²) in [7, 11) is 0. The molecule has 2 aromatic heterocycles. The summed E-state index contributed by atoms with van der Waals surface area (Å²) in [6.07, 6.45) is 5.48. The Kier molecular flexibility index (Phi) is 4.42. The fourth-order valence-corrected chi connectivity index (χ4v) is 3.52. The van der Waals surface area contributed by atoms with Crippen LogP contribution in [-0.4, -0.2) is 37.6 Å². The predicted octanol–water partition coefficient (Wildman–Crippen LogP) is 3.23. The van der Waals surface area contributed by atoms with Crippen molar-refractivity contribution in [2.24, 2.45) is 5.92 Å². The summed E-state index contributed by atoms with van der Waals surface area (Å²) >= 11 is 0. The van der Waals surface area contributed by atoms with Crippen molar-refractivity contribution in [1.29, 1.82) is 0 Å². The molecule has 1 fully saturated rings. The number of nitrogens with zero attached hydrogens (tertiary/aromatic N) is 4. The zero-order chi connectivity index (χ0) is 18.1. The van der Waals surface area contributed by atoms with E-state index in [0.717, 1.165) is 36.7 Å². The van der Waals surface area contributed by atoms with E-state index >= 15 is 0 Å². The number of aromatic hydroxyl groups is 1. The van der Waals surface area contributed by atoms with Crippen LogP contribution < -0.4 is 0 Å². The van der Waals surface area contributed by atoms with Crippen LogP contribution in [0.1, 0.15) is 11.3 Å². The third kappa shape index (κ3) is 3.20. The van der Waals surface area contributed by atoms with Crippen LogP contribution in [0.3, 0.4) is 0 Å². The van der Waals surface area contributed by atoms with E-state index in [-0.39, 0.29) is 5.75 Å².